The van der Waals surface area contributed by atoms with Crippen molar-refractivity contribution in [3.05, 3.63) is 45.9 Å². The Labute approximate surface area is 138 Å². The Kier molecular flexibility index (Phi) is 5.30. The zero-order valence-corrected chi connectivity index (χ0v) is 13.5. The number of pyridine rings is 1. The maximum absolute atomic E-state index is 13.4. The van der Waals surface area contributed by atoms with E-state index in [0.29, 0.717) is 5.69 Å². The average Bonchev–Trinajstić information content (AvgIpc) is 3.26. The topological polar surface area (TPSA) is 66.9 Å². The van der Waals surface area contributed by atoms with Gasteiger partial charge in [-0.3, -0.25) is 9.78 Å². The smallest absolute Gasteiger partial charge is 0.271 e. The first-order chi connectivity index (χ1) is 11.2. The lowest BCUT2D eigenvalue weighted by Crippen LogP contribution is -2.24. The number of hydrogen-bond donors (Lipinski definition) is 2. The standard InChI is InChI=1S/C16H19FN4OS/c17-12-2-1-6-19-13(12)9-20-16(22)14-10-23-15(21-14)5-7-18-8-11-3-4-11/h1-2,6,10-11,18H,3-5,7-9H2,(H,20,22). The minimum absolute atomic E-state index is 0.0569. The molecule has 0 atom stereocenters. The van der Waals surface area contributed by atoms with Crippen LogP contribution in [0.1, 0.15) is 34.0 Å². The molecular formula is C16H19FN4OS. The van der Waals surface area contributed by atoms with Gasteiger partial charge in [-0.2, -0.15) is 0 Å². The molecule has 5 nitrogen and oxygen atoms in total. The van der Waals surface area contributed by atoms with Crippen LogP contribution in [0.5, 0.6) is 0 Å². The van der Waals surface area contributed by atoms with Crippen molar-refractivity contribution in [1.82, 2.24) is 20.6 Å². The number of carbonyl (C=O) groups is 1. The van der Waals surface area contributed by atoms with E-state index in [-0.39, 0.29) is 18.1 Å². The van der Waals surface area contributed by atoms with Crippen molar-refractivity contribution in [3.63, 3.8) is 0 Å². The van der Waals surface area contributed by atoms with E-state index >= 15 is 0 Å². The molecule has 2 aromatic heterocycles. The zero-order valence-electron chi connectivity index (χ0n) is 12.7. The molecule has 0 unspecified atom stereocenters. The zero-order chi connectivity index (χ0) is 16.1. The van der Waals surface area contributed by atoms with Gasteiger partial charge in [0.1, 0.15) is 11.5 Å². The van der Waals surface area contributed by atoms with E-state index in [9.17, 15) is 9.18 Å². The van der Waals surface area contributed by atoms with Crippen LogP contribution in [0.4, 0.5) is 4.39 Å². The molecule has 1 aliphatic rings. The highest BCUT2D eigenvalue weighted by molar-refractivity contribution is 7.09. The average molecular weight is 334 g/mol. The van der Waals surface area contributed by atoms with Crippen LogP contribution < -0.4 is 10.6 Å². The van der Waals surface area contributed by atoms with E-state index in [1.54, 1.807) is 5.38 Å². The lowest BCUT2D eigenvalue weighted by molar-refractivity contribution is 0.0945. The van der Waals surface area contributed by atoms with Crippen LogP contribution in [-0.4, -0.2) is 29.0 Å². The Hall–Kier alpha value is -1.86. The van der Waals surface area contributed by atoms with Crippen LogP contribution in [-0.2, 0) is 13.0 Å². The fraction of sp³-hybridized carbons (Fsp3) is 0.438. The number of thiazole rings is 1. The number of halogens is 1. The molecule has 2 N–H and O–H groups in total. The van der Waals surface area contributed by atoms with Crippen molar-refractivity contribution in [2.45, 2.75) is 25.8 Å². The summed E-state index contributed by atoms with van der Waals surface area (Å²) >= 11 is 1.48. The lowest BCUT2D eigenvalue weighted by Gasteiger charge is -2.03. The van der Waals surface area contributed by atoms with Gasteiger partial charge in [0.25, 0.3) is 5.91 Å². The van der Waals surface area contributed by atoms with E-state index < -0.39 is 5.82 Å². The molecule has 1 aliphatic carbocycles. The molecule has 122 valence electrons. The predicted octanol–water partition coefficient (Wildman–Crippen LogP) is 2.15. The summed E-state index contributed by atoms with van der Waals surface area (Å²) in [5.74, 6) is 0.136. The highest BCUT2D eigenvalue weighted by Crippen LogP contribution is 2.27. The quantitative estimate of drug-likeness (QED) is 0.726. The normalized spacial score (nSPS) is 14.0. The summed E-state index contributed by atoms with van der Waals surface area (Å²) < 4.78 is 13.4. The van der Waals surface area contributed by atoms with Crippen LogP contribution in [0.3, 0.4) is 0 Å². The highest BCUT2D eigenvalue weighted by Gasteiger charge is 2.20. The largest absolute Gasteiger partial charge is 0.345 e. The fourth-order valence-electron chi connectivity index (χ4n) is 2.16. The SMILES string of the molecule is O=C(NCc1ncccc1F)c1csc(CCNCC2CC2)n1. The molecule has 0 radical (unpaired) electrons. The van der Waals surface area contributed by atoms with Crippen LogP contribution in [0, 0.1) is 11.7 Å². The third kappa shape index (κ3) is 4.80. The number of rotatable bonds is 8. The summed E-state index contributed by atoms with van der Waals surface area (Å²) in [6, 6.07) is 2.84. The molecule has 2 aromatic rings. The van der Waals surface area contributed by atoms with Gasteiger partial charge in [0.2, 0.25) is 0 Å². The first-order valence-electron chi connectivity index (χ1n) is 7.75. The van der Waals surface area contributed by atoms with Crippen molar-refractivity contribution in [2.75, 3.05) is 13.1 Å². The second-order valence-corrected chi connectivity index (χ2v) is 6.58. The van der Waals surface area contributed by atoms with Gasteiger partial charge in [0, 0.05) is 24.5 Å². The van der Waals surface area contributed by atoms with Gasteiger partial charge < -0.3 is 10.6 Å². The minimum Gasteiger partial charge on any atom is -0.345 e. The van der Waals surface area contributed by atoms with Crippen molar-refractivity contribution in [1.29, 1.82) is 0 Å². The van der Waals surface area contributed by atoms with Gasteiger partial charge in [-0.1, -0.05) is 0 Å². The van der Waals surface area contributed by atoms with Gasteiger partial charge in [0.05, 0.1) is 17.2 Å². The van der Waals surface area contributed by atoms with E-state index in [2.05, 4.69) is 20.6 Å². The van der Waals surface area contributed by atoms with Gasteiger partial charge in [-0.05, 0) is 37.4 Å². The van der Waals surface area contributed by atoms with Crippen molar-refractivity contribution in [3.8, 4) is 0 Å². The molecule has 1 fully saturated rings. The van der Waals surface area contributed by atoms with E-state index in [4.69, 9.17) is 0 Å². The Morgan fingerprint density at radius 2 is 2.30 bits per heavy atom. The van der Waals surface area contributed by atoms with E-state index in [0.717, 1.165) is 30.4 Å². The molecule has 0 saturated heterocycles. The number of nitrogens with zero attached hydrogens (tertiary/aromatic N) is 2. The maximum Gasteiger partial charge on any atom is 0.271 e. The summed E-state index contributed by atoms with van der Waals surface area (Å²) in [6.45, 7) is 2.01. The van der Waals surface area contributed by atoms with Crippen molar-refractivity contribution < 1.29 is 9.18 Å². The van der Waals surface area contributed by atoms with Crippen LogP contribution in [0.2, 0.25) is 0 Å². The minimum atomic E-state index is -0.423. The number of hydrogen-bond acceptors (Lipinski definition) is 5. The van der Waals surface area contributed by atoms with E-state index in [1.165, 1.54) is 42.5 Å². The first-order valence-corrected chi connectivity index (χ1v) is 8.63. The molecule has 2 heterocycles. The summed E-state index contributed by atoms with van der Waals surface area (Å²) in [5, 5.41) is 8.72. The van der Waals surface area contributed by atoms with Crippen molar-refractivity contribution >= 4 is 17.2 Å². The molecule has 3 rings (SSSR count). The third-order valence-corrected chi connectivity index (χ3v) is 4.59. The van der Waals surface area contributed by atoms with Crippen molar-refractivity contribution in [2.24, 2.45) is 5.92 Å². The molecular weight excluding hydrogens is 315 g/mol. The van der Waals surface area contributed by atoms with Crippen LogP contribution in [0.25, 0.3) is 0 Å². The molecule has 23 heavy (non-hydrogen) atoms. The fourth-order valence-corrected chi connectivity index (χ4v) is 2.93. The number of aromatic nitrogens is 2. The second kappa shape index (κ2) is 7.61. The monoisotopic (exact) mass is 334 g/mol. The van der Waals surface area contributed by atoms with Gasteiger partial charge in [-0.25, -0.2) is 9.37 Å². The number of carbonyl (C=O) groups excluding carboxylic acids is 1. The Bertz CT molecular complexity index is 672. The van der Waals surface area contributed by atoms with E-state index in [1.807, 2.05) is 0 Å². The molecule has 0 spiro atoms. The molecule has 7 heteroatoms. The van der Waals surface area contributed by atoms with Gasteiger partial charge in [-0.15, -0.1) is 11.3 Å². The Morgan fingerprint density at radius 1 is 1.43 bits per heavy atom. The number of amides is 1. The Morgan fingerprint density at radius 3 is 3.09 bits per heavy atom. The molecule has 1 amide bonds. The summed E-state index contributed by atoms with van der Waals surface area (Å²) in [4.78, 5) is 20.3. The molecule has 0 aromatic carbocycles. The Balaban J connectivity index is 1.44. The molecule has 0 bridgehead atoms. The lowest BCUT2D eigenvalue weighted by atomic mass is 10.3. The summed E-state index contributed by atoms with van der Waals surface area (Å²) in [5.41, 5.74) is 0.601. The summed E-state index contributed by atoms with van der Waals surface area (Å²) in [6.07, 6.45) is 5.00. The second-order valence-electron chi connectivity index (χ2n) is 5.64. The number of nitrogens with one attached hydrogen (secondary N) is 2. The summed E-state index contributed by atoms with van der Waals surface area (Å²) in [7, 11) is 0. The predicted molar refractivity (Wildman–Crippen MR) is 86.8 cm³/mol. The van der Waals surface area contributed by atoms with Gasteiger partial charge >= 0.3 is 0 Å². The molecule has 0 aliphatic heterocycles. The third-order valence-electron chi connectivity index (χ3n) is 3.68. The van der Waals surface area contributed by atoms with Crippen LogP contribution in [0.15, 0.2) is 23.7 Å². The highest BCUT2D eigenvalue weighted by atomic mass is 32.1. The first kappa shape index (κ1) is 16.0. The van der Waals surface area contributed by atoms with Crippen LogP contribution >= 0.6 is 11.3 Å². The maximum atomic E-state index is 13.4. The van der Waals surface area contributed by atoms with Gasteiger partial charge in [0.15, 0.2) is 0 Å². The molecule has 1 saturated carbocycles.